The Hall–Kier alpha value is -1.51. The van der Waals surface area contributed by atoms with E-state index in [9.17, 15) is 4.79 Å². The molecule has 0 unspecified atom stereocenters. The molecule has 3 nitrogen and oxygen atoms in total. The molecule has 0 aromatic heterocycles. The summed E-state index contributed by atoms with van der Waals surface area (Å²) in [6.07, 6.45) is 5.20. The number of carbonyl (C=O) groups excluding carboxylic acids is 1. The maximum absolute atomic E-state index is 12.1. The number of methoxy groups -OCH3 is 1. The Labute approximate surface area is 121 Å². The van der Waals surface area contributed by atoms with E-state index in [1.807, 2.05) is 12.1 Å². The van der Waals surface area contributed by atoms with Crippen molar-refractivity contribution in [2.45, 2.75) is 57.9 Å². The minimum atomic E-state index is 0.136. The number of hydrogen-bond acceptors (Lipinski definition) is 2. The summed E-state index contributed by atoms with van der Waals surface area (Å²) in [6, 6.07) is 6.44. The fraction of sp³-hybridized carbons (Fsp3) is 0.588. The maximum atomic E-state index is 12.1. The minimum Gasteiger partial charge on any atom is -0.496 e. The van der Waals surface area contributed by atoms with Gasteiger partial charge in [-0.1, -0.05) is 38.8 Å². The smallest absolute Gasteiger partial charge is 0.224 e. The molecule has 1 aromatic carbocycles. The zero-order valence-electron chi connectivity index (χ0n) is 12.7. The number of rotatable bonds is 5. The van der Waals surface area contributed by atoms with Crippen LogP contribution in [0, 0.1) is 0 Å². The van der Waals surface area contributed by atoms with Gasteiger partial charge in [0.2, 0.25) is 5.91 Å². The van der Waals surface area contributed by atoms with E-state index >= 15 is 0 Å². The highest BCUT2D eigenvalue weighted by atomic mass is 16.5. The van der Waals surface area contributed by atoms with Gasteiger partial charge in [0.15, 0.2) is 0 Å². The van der Waals surface area contributed by atoms with E-state index in [-0.39, 0.29) is 5.91 Å². The van der Waals surface area contributed by atoms with Crippen LogP contribution in [0.15, 0.2) is 18.2 Å². The summed E-state index contributed by atoms with van der Waals surface area (Å²) in [4.78, 5) is 12.1. The standard InChI is InChI=1S/C17H25NO2/c1-12(2)15-10-13(8-9-16(15)20-3)11-17(19)18-14-6-4-5-7-14/h8-10,12,14H,4-7,11H2,1-3H3,(H,18,19). The predicted octanol–water partition coefficient (Wildman–Crippen LogP) is 3.42. The Morgan fingerprint density at radius 3 is 2.65 bits per heavy atom. The Balaban J connectivity index is 2.01. The molecule has 1 amide bonds. The van der Waals surface area contributed by atoms with E-state index in [4.69, 9.17) is 4.74 Å². The third-order valence-electron chi connectivity index (χ3n) is 4.00. The molecule has 1 aromatic rings. The number of nitrogens with one attached hydrogen (secondary N) is 1. The van der Waals surface area contributed by atoms with Gasteiger partial charge in [-0.15, -0.1) is 0 Å². The average molecular weight is 275 g/mol. The highest BCUT2D eigenvalue weighted by molar-refractivity contribution is 5.79. The second kappa shape index (κ2) is 6.78. The summed E-state index contributed by atoms with van der Waals surface area (Å²) in [7, 11) is 1.69. The molecule has 0 saturated heterocycles. The van der Waals surface area contributed by atoms with Gasteiger partial charge in [-0.05, 0) is 36.0 Å². The Morgan fingerprint density at radius 2 is 2.05 bits per heavy atom. The van der Waals surface area contributed by atoms with Crippen molar-refractivity contribution in [3.05, 3.63) is 29.3 Å². The summed E-state index contributed by atoms with van der Waals surface area (Å²) in [6.45, 7) is 4.28. The number of carbonyl (C=O) groups is 1. The van der Waals surface area contributed by atoms with Gasteiger partial charge in [0.25, 0.3) is 0 Å². The highest BCUT2D eigenvalue weighted by Crippen LogP contribution is 2.27. The van der Waals surface area contributed by atoms with Crippen LogP contribution in [0.3, 0.4) is 0 Å². The quantitative estimate of drug-likeness (QED) is 0.894. The number of ether oxygens (including phenoxy) is 1. The van der Waals surface area contributed by atoms with Crippen molar-refractivity contribution in [2.75, 3.05) is 7.11 Å². The minimum absolute atomic E-state index is 0.136. The van der Waals surface area contributed by atoms with Crippen molar-refractivity contribution in [1.29, 1.82) is 0 Å². The average Bonchev–Trinajstić information content (AvgIpc) is 2.91. The molecule has 0 spiro atoms. The van der Waals surface area contributed by atoms with Crippen LogP contribution < -0.4 is 10.1 Å². The Kier molecular flexibility index (Phi) is 5.05. The fourth-order valence-electron chi connectivity index (χ4n) is 2.88. The molecule has 1 fully saturated rings. The third-order valence-corrected chi connectivity index (χ3v) is 4.00. The first-order chi connectivity index (χ1) is 9.60. The van der Waals surface area contributed by atoms with Crippen molar-refractivity contribution < 1.29 is 9.53 Å². The molecule has 1 aliphatic carbocycles. The fourth-order valence-corrected chi connectivity index (χ4v) is 2.88. The molecule has 0 radical (unpaired) electrons. The molecule has 1 N–H and O–H groups in total. The lowest BCUT2D eigenvalue weighted by molar-refractivity contribution is -0.121. The van der Waals surface area contributed by atoms with Gasteiger partial charge in [-0.3, -0.25) is 4.79 Å². The van der Waals surface area contributed by atoms with Crippen LogP contribution in [0.1, 0.15) is 56.6 Å². The lowest BCUT2D eigenvalue weighted by Crippen LogP contribution is -2.33. The van der Waals surface area contributed by atoms with Crippen molar-refractivity contribution in [1.82, 2.24) is 5.32 Å². The van der Waals surface area contributed by atoms with E-state index < -0.39 is 0 Å². The normalized spacial score (nSPS) is 15.6. The van der Waals surface area contributed by atoms with E-state index in [0.29, 0.717) is 18.4 Å². The first-order valence-electron chi connectivity index (χ1n) is 7.56. The van der Waals surface area contributed by atoms with Crippen molar-refractivity contribution >= 4 is 5.91 Å². The van der Waals surface area contributed by atoms with E-state index in [2.05, 4.69) is 25.2 Å². The topological polar surface area (TPSA) is 38.3 Å². The molecule has 0 aliphatic heterocycles. The summed E-state index contributed by atoms with van der Waals surface area (Å²) in [5.74, 6) is 1.43. The molecular weight excluding hydrogens is 250 g/mol. The molecule has 0 heterocycles. The predicted molar refractivity (Wildman–Crippen MR) is 81.2 cm³/mol. The zero-order chi connectivity index (χ0) is 14.5. The van der Waals surface area contributed by atoms with Gasteiger partial charge in [0.05, 0.1) is 13.5 Å². The summed E-state index contributed by atoms with van der Waals surface area (Å²) in [5, 5.41) is 3.13. The van der Waals surface area contributed by atoms with E-state index in [1.165, 1.54) is 18.4 Å². The monoisotopic (exact) mass is 275 g/mol. The molecule has 20 heavy (non-hydrogen) atoms. The summed E-state index contributed by atoms with van der Waals surface area (Å²) >= 11 is 0. The lowest BCUT2D eigenvalue weighted by atomic mass is 9.98. The number of hydrogen-bond donors (Lipinski definition) is 1. The zero-order valence-corrected chi connectivity index (χ0v) is 12.7. The Bertz CT molecular complexity index is 462. The first kappa shape index (κ1) is 14.9. The van der Waals surface area contributed by atoms with Crippen LogP contribution in [0.4, 0.5) is 0 Å². The van der Waals surface area contributed by atoms with Crippen molar-refractivity contribution in [2.24, 2.45) is 0 Å². The molecule has 2 rings (SSSR count). The van der Waals surface area contributed by atoms with Crippen LogP contribution >= 0.6 is 0 Å². The van der Waals surface area contributed by atoms with Gasteiger partial charge in [0.1, 0.15) is 5.75 Å². The SMILES string of the molecule is COc1ccc(CC(=O)NC2CCCC2)cc1C(C)C. The van der Waals surface area contributed by atoms with Crippen LogP contribution in [0.5, 0.6) is 5.75 Å². The molecule has 0 atom stereocenters. The van der Waals surface area contributed by atoms with Gasteiger partial charge in [-0.25, -0.2) is 0 Å². The molecule has 1 saturated carbocycles. The van der Waals surface area contributed by atoms with E-state index in [1.54, 1.807) is 7.11 Å². The van der Waals surface area contributed by atoms with Gasteiger partial charge < -0.3 is 10.1 Å². The molecule has 3 heteroatoms. The third kappa shape index (κ3) is 3.75. The van der Waals surface area contributed by atoms with Gasteiger partial charge in [-0.2, -0.15) is 0 Å². The second-order valence-corrected chi connectivity index (χ2v) is 5.96. The molecule has 1 aliphatic rings. The van der Waals surface area contributed by atoms with Gasteiger partial charge >= 0.3 is 0 Å². The highest BCUT2D eigenvalue weighted by Gasteiger charge is 2.17. The van der Waals surface area contributed by atoms with E-state index in [0.717, 1.165) is 24.2 Å². The molecule has 0 bridgehead atoms. The molecule has 110 valence electrons. The van der Waals surface area contributed by atoms with Gasteiger partial charge in [0, 0.05) is 6.04 Å². The van der Waals surface area contributed by atoms with Crippen molar-refractivity contribution in [3.63, 3.8) is 0 Å². The summed E-state index contributed by atoms with van der Waals surface area (Å²) < 4.78 is 5.37. The first-order valence-corrected chi connectivity index (χ1v) is 7.56. The van der Waals surface area contributed by atoms with Crippen LogP contribution in [-0.2, 0) is 11.2 Å². The number of amides is 1. The van der Waals surface area contributed by atoms with Crippen LogP contribution in [-0.4, -0.2) is 19.1 Å². The van der Waals surface area contributed by atoms with Crippen LogP contribution in [0.2, 0.25) is 0 Å². The maximum Gasteiger partial charge on any atom is 0.224 e. The van der Waals surface area contributed by atoms with Crippen LogP contribution in [0.25, 0.3) is 0 Å². The number of benzene rings is 1. The Morgan fingerprint density at radius 1 is 1.35 bits per heavy atom. The second-order valence-electron chi connectivity index (χ2n) is 5.96. The summed E-state index contributed by atoms with van der Waals surface area (Å²) in [5.41, 5.74) is 2.23. The largest absolute Gasteiger partial charge is 0.496 e. The lowest BCUT2D eigenvalue weighted by Gasteiger charge is -2.15. The molecular formula is C17H25NO2. The van der Waals surface area contributed by atoms with Crippen molar-refractivity contribution in [3.8, 4) is 5.75 Å².